The van der Waals surface area contributed by atoms with Gasteiger partial charge in [0, 0.05) is 12.8 Å². The highest BCUT2D eigenvalue weighted by molar-refractivity contribution is 5.70. The number of esters is 2. The number of hydrogen-bond acceptors (Lipinski definition) is 5. The van der Waals surface area contributed by atoms with Crippen molar-refractivity contribution in [2.45, 2.75) is 251 Å². The first-order valence-corrected chi connectivity index (χ1v) is 23.5. The molecular formula is C49H90O5. The molecule has 0 aromatic rings. The third-order valence-corrected chi connectivity index (χ3v) is 10.4. The largest absolute Gasteiger partial charge is 0.462 e. The zero-order chi connectivity index (χ0) is 39.3. The molecule has 316 valence electrons. The molecule has 1 unspecified atom stereocenters. The number of unbranched alkanes of at least 4 members (excludes halogenated alkanes) is 29. The fourth-order valence-corrected chi connectivity index (χ4v) is 6.82. The second-order valence-corrected chi connectivity index (χ2v) is 15.8. The lowest BCUT2D eigenvalue weighted by molar-refractivity contribution is -0.161. The second kappa shape index (κ2) is 45.5. The van der Waals surface area contributed by atoms with Crippen molar-refractivity contribution in [1.82, 2.24) is 0 Å². The van der Waals surface area contributed by atoms with E-state index in [1.54, 1.807) is 0 Å². The minimum atomic E-state index is -0.772. The van der Waals surface area contributed by atoms with E-state index in [4.69, 9.17) is 9.47 Å². The summed E-state index contributed by atoms with van der Waals surface area (Å²) in [5, 5.41) is 9.58. The Morgan fingerprint density at radius 1 is 0.426 bits per heavy atom. The molecule has 0 saturated carbocycles. The number of carbonyl (C=O) groups excluding carboxylic acids is 2. The van der Waals surface area contributed by atoms with E-state index in [0.29, 0.717) is 12.8 Å². The molecule has 0 aromatic heterocycles. The highest BCUT2D eigenvalue weighted by atomic mass is 16.6. The summed E-state index contributed by atoms with van der Waals surface area (Å²) in [6.45, 7) is 4.12. The van der Waals surface area contributed by atoms with E-state index in [2.05, 4.69) is 50.3 Å². The molecule has 5 heteroatoms. The lowest BCUT2D eigenvalue weighted by Gasteiger charge is -2.15. The predicted octanol–water partition coefficient (Wildman–Crippen LogP) is 15.2. The first-order chi connectivity index (χ1) is 26.6. The molecule has 0 fully saturated rings. The Bertz CT molecular complexity index is 862. The third-order valence-electron chi connectivity index (χ3n) is 10.4. The van der Waals surface area contributed by atoms with E-state index >= 15 is 0 Å². The summed E-state index contributed by atoms with van der Waals surface area (Å²) in [6, 6.07) is 0. The molecule has 0 heterocycles. The number of rotatable bonds is 43. The van der Waals surface area contributed by atoms with Crippen molar-refractivity contribution in [3.8, 4) is 0 Å². The van der Waals surface area contributed by atoms with E-state index < -0.39 is 6.10 Å². The van der Waals surface area contributed by atoms with Crippen molar-refractivity contribution in [3.63, 3.8) is 0 Å². The van der Waals surface area contributed by atoms with Gasteiger partial charge in [-0.3, -0.25) is 9.59 Å². The van der Waals surface area contributed by atoms with E-state index in [-0.39, 0.29) is 25.2 Å². The maximum absolute atomic E-state index is 12.2. The van der Waals surface area contributed by atoms with Gasteiger partial charge in [0.25, 0.3) is 0 Å². The molecule has 1 atom stereocenters. The van der Waals surface area contributed by atoms with E-state index in [1.165, 1.54) is 167 Å². The monoisotopic (exact) mass is 759 g/mol. The molecule has 0 spiro atoms. The zero-order valence-electron chi connectivity index (χ0n) is 36.0. The van der Waals surface area contributed by atoms with Gasteiger partial charge in [-0.15, -0.1) is 0 Å². The molecule has 0 rings (SSSR count). The van der Waals surface area contributed by atoms with Crippen LogP contribution in [0.4, 0.5) is 0 Å². The lowest BCUT2D eigenvalue weighted by Crippen LogP contribution is -2.28. The Kier molecular flexibility index (Phi) is 43.9. The summed E-state index contributed by atoms with van der Waals surface area (Å²) in [7, 11) is 0. The van der Waals surface area contributed by atoms with Crippen molar-refractivity contribution in [1.29, 1.82) is 0 Å². The van der Waals surface area contributed by atoms with Gasteiger partial charge in [-0.25, -0.2) is 0 Å². The Hall–Kier alpha value is -1.88. The van der Waals surface area contributed by atoms with Gasteiger partial charge in [0.15, 0.2) is 6.10 Å². The molecule has 0 radical (unpaired) electrons. The SMILES string of the molecule is CCCCCC/C=C\CCCCCCCC(=O)OCC(CO)OC(=O)CCCCCCCCCCCCCCCCC/C=C\C/C=C\CCCCCCC. The molecule has 54 heavy (non-hydrogen) atoms. The van der Waals surface area contributed by atoms with Crippen molar-refractivity contribution in [2.75, 3.05) is 13.2 Å². The standard InChI is InChI=1S/C49H90O5/c1-3-5-7-9-11-13-15-17-18-19-20-21-22-23-24-25-26-27-28-29-30-32-34-36-38-40-42-44-49(52)54-47(45-50)46-53-48(51)43-41-39-37-35-33-31-16-14-12-10-8-6-4-2/h14-17,19-20,47,50H,3-13,18,21-46H2,1-2H3/b16-14-,17-15-,20-19-. The number of aliphatic hydroxyl groups excluding tert-OH is 1. The quantitative estimate of drug-likeness (QED) is 0.0381. The number of carbonyl (C=O) groups is 2. The maximum atomic E-state index is 12.2. The number of aliphatic hydroxyl groups is 1. The van der Waals surface area contributed by atoms with Gasteiger partial charge in [-0.05, 0) is 70.6 Å². The summed E-state index contributed by atoms with van der Waals surface area (Å²) >= 11 is 0. The van der Waals surface area contributed by atoms with Crippen molar-refractivity contribution in [2.24, 2.45) is 0 Å². The lowest BCUT2D eigenvalue weighted by atomic mass is 10.0. The highest BCUT2D eigenvalue weighted by Crippen LogP contribution is 2.15. The van der Waals surface area contributed by atoms with Crippen LogP contribution in [0.3, 0.4) is 0 Å². The van der Waals surface area contributed by atoms with Gasteiger partial charge in [-0.2, -0.15) is 0 Å². The molecule has 0 bridgehead atoms. The number of hydrogen-bond donors (Lipinski definition) is 1. The fourth-order valence-electron chi connectivity index (χ4n) is 6.82. The Morgan fingerprint density at radius 2 is 0.741 bits per heavy atom. The molecule has 1 N–H and O–H groups in total. The molecule has 0 aliphatic rings. The van der Waals surface area contributed by atoms with Crippen LogP contribution >= 0.6 is 0 Å². The van der Waals surface area contributed by atoms with Crippen LogP contribution in [-0.4, -0.2) is 36.4 Å². The molecule has 0 aliphatic heterocycles. The molecule has 0 amide bonds. The average Bonchev–Trinajstić information content (AvgIpc) is 3.17. The molecule has 0 aliphatic carbocycles. The average molecular weight is 759 g/mol. The molecular weight excluding hydrogens is 669 g/mol. The first kappa shape index (κ1) is 52.1. The van der Waals surface area contributed by atoms with Gasteiger partial charge < -0.3 is 14.6 Å². The van der Waals surface area contributed by atoms with Crippen molar-refractivity contribution < 1.29 is 24.2 Å². The number of allylic oxidation sites excluding steroid dienone is 6. The van der Waals surface area contributed by atoms with Crippen LogP contribution in [0.25, 0.3) is 0 Å². The minimum absolute atomic E-state index is 0.0676. The topological polar surface area (TPSA) is 72.8 Å². The number of ether oxygens (including phenoxy) is 2. The van der Waals surface area contributed by atoms with Crippen LogP contribution in [0.15, 0.2) is 36.5 Å². The summed E-state index contributed by atoms with van der Waals surface area (Å²) < 4.78 is 10.6. The van der Waals surface area contributed by atoms with Crippen LogP contribution < -0.4 is 0 Å². The van der Waals surface area contributed by atoms with Gasteiger partial charge in [0.2, 0.25) is 0 Å². The zero-order valence-corrected chi connectivity index (χ0v) is 36.0. The summed E-state index contributed by atoms with van der Waals surface area (Å²) in [6.07, 6.45) is 56.6. The fraction of sp³-hybridized carbons (Fsp3) is 0.837. The van der Waals surface area contributed by atoms with Gasteiger partial charge in [0.1, 0.15) is 6.61 Å². The summed E-state index contributed by atoms with van der Waals surface area (Å²) in [5.41, 5.74) is 0. The van der Waals surface area contributed by atoms with Crippen LogP contribution in [0.1, 0.15) is 245 Å². The predicted molar refractivity (Wildman–Crippen MR) is 233 cm³/mol. The Balaban J connectivity index is 3.47. The van der Waals surface area contributed by atoms with Gasteiger partial charge in [-0.1, -0.05) is 198 Å². The Morgan fingerprint density at radius 3 is 1.13 bits per heavy atom. The highest BCUT2D eigenvalue weighted by Gasteiger charge is 2.16. The maximum Gasteiger partial charge on any atom is 0.306 e. The van der Waals surface area contributed by atoms with Crippen molar-refractivity contribution in [3.05, 3.63) is 36.5 Å². The van der Waals surface area contributed by atoms with Crippen LogP contribution in [0, 0.1) is 0 Å². The third kappa shape index (κ3) is 42.9. The van der Waals surface area contributed by atoms with Crippen LogP contribution in [0.2, 0.25) is 0 Å². The second-order valence-electron chi connectivity index (χ2n) is 15.8. The summed E-state index contributed by atoms with van der Waals surface area (Å²) in [5.74, 6) is -0.594. The Labute approximate surface area is 336 Å². The molecule has 5 nitrogen and oxygen atoms in total. The van der Waals surface area contributed by atoms with Crippen molar-refractivity contribution >= 4 is 11.9 Å². The normalized spacial score (nSPS) is 12.4. The van der Waals surface area contributed by atoms with Crippen LogP contribution in [-0.2, 0) is 19.1 Å². The first-order valence-electron chi connectivity index (χ1n) is 23.5. The van der Waals surface area contributed by atoms with Gasteiger partial charge in [0.05, 0.1) is 6.61 Å². The van der Waals surface area contributed by atoms with E-state index in [9.17, 15) is 14.7 Å². The van der Waals surface area contributed by atoms with E-state index in [1.807, 2.05) is 0 Å². The van der Waals surface area contributed by atoms with Gasteiger partial charge >= 0.3 is 11.9 Å². The van der Waals surface area contributed by atoms with E-state index in [0.717, 1.165) is 51.4 Å². The molecule has 0 aromatic carbocycles. The molecule has 0 saturated heterocycles. The summed E-state index contributed by atoms with van der Waals surface area (Å²) in [4.78, 5) is 24.3. The minimum Gasteiger partial charge on any atom is -0.462 e. The van der Waals surface area contributed by atoms with Crippen LogP contribution in [0.5, 0.6) is 0 Å². The smallest absolute Gasteiger partial charge is 0.306 e.